The van der Waals surface area contributed by atoms with Crippen LogP contribution < -0.4 is 10.1 Å². The second-order valence-corrected chi connectivity index (χ2v) is 3.79. The van der Waals surface area contributed by atoms with Gasteiger partial charge < -0.3 is 14.8 Å². The Bertz CT molecular complexity index is 416. The predicted molar refractivity (Wildman–Crippen MR) is 71.7 cm³/mol. The number of amides is 1. The summed E-state index contributed by atoms with van der Waals surface area (Å²) in [5, 5.41) is 2.77. The lowest BCUT2D eigenvalue weighted by molar-refractivity contribution is -0.120. The van der Waals surface area contributed by atoms with Gasteiger partial charge >= 0.3 is 0 Å². The lowest BCUT2D eigenvalue weighted by Crippen LogP contribution is -2.28. The van der Waals surface area contributed by atoms with Gasteiger partial charge in [0.25, 0.3) is 0 Å². The Hall–Kier alpha value is -1.81. The van der Waals surface area contributed by atoms with E-state index >= 15 is 0 Å². The molecule has 0 aliphatic rings. The zero-order chi connectivity index (χ0) is 13.4. The minimum Gasteiger partial charge on any atom is -0.496 e. The molecule has 0 aliphatic carbocycles. The van der Waals surface area contributed by atoms with Crippen molar-refractivity contribution in [3.63, 3.8) is 0 Å². The summed E-state index contributed by atoms with van der Waals surface area (Å²) < 4.78 is 10.1. The molecule has 0 aromatic heterocycles. The molecule has 0 fully saturated rings. The SMILES string of the molecule is C=Cc1ccc(CC(=O)NCCOC)c(OC)c1. The molecule has 4 heteroatoms. The fourth-order valence-corrected chi connectivity index (χ4v) is 1.56. The van der Waals surface area contributed by atoms with E-state index in [4.69, 9.17) is 9.47 Å². The molecule has 1 N–H and O–H groups in total. The maximum atomic E-state index is 11.7. The van der Waals surface area contributed by atoms with Crippen LogP contribution in [-0.4, -0.2) is 33.3 Å². The standard InChI is InChI=1S/C14H19NO3/c1-4-11-5-6-12(13(9-11)18-3)10-14(16)15-7-8-17-2/h4-6,9H,1,7-8,10H2,2-3H3,(H,15,16). The van der Waals surface area contributed by atoms with Crippen LogP contribution in [0.5, 0.6) is 5.75 Å². The molecule has 0 spiro atoms. The molecule has 0 bridgehead atoms. The van der Waals surface area contributed by atoms with Gasteiger partial charge in [-0.2, -0.15) is 0 Å². The van der Waals surface area contributed by atoms with Crippen molar-refractivity contribution in [1.29, 1.82) is 0 Å². The minimum absolute atomic E-state index is 0.0447. The van der Waals surface area contributed by atoms with Crippen molar-refractivity contribution < 1.29 is 14.3 Å². The summed E-state index contributed by atoms with van der Waals surface area (Å²) in [4.78, 5) is 11.7. The van der Waals surface area contributed by atoms with E-state index in [9.17, 15) is 4.79 Å². The monoisotopic (exact) mass is 249 g/mol. The van der Waals surface area contributed by atoms with Gasteiger partial charge in [0.1, 0.15) is 5.75 Å². The Kier molecular flexibility index (Phi) is 5.94. The van der Waals surface area contributed by atoms with E-state index in [1.165, 1.54) is 0 Å². The van der Waals surface area contributed by atoms with Crippen LogP contribution in [-0.2, 0) is 16.0 Å². The molecule has 0 unspecified atom stereocenters. The van der Waals surface area contributed by atoms with E-state index in [2.05, 4.69) is 11.9 Å². The van der Waals surface area contributed by atoms with Gasteiger partial charge in [0.15, 0.2) is 0 Å². The lowest BCUT2D eigenvalue weighted by atomic mass is 10.1. The highest BCUT2D eigenvalue weighted by Gasteiger charge is 2.08. The maximum absolute atomic E-state index is 11.7. The number of carbonyl (C=O) groups excluding carboxylic acids is 1. The molecule has 0 saturated heterocycles. The number of methoxy groups -OCH3 is 2. The number of nitrogens with one attached hydrogen (secondary N) is 1. The van der Waals surface area contributed by atoms with E-state index in [1.807, 2.05) is 18.2 Å². The lowest BCUT2D eigenvalue weighted by Gasteiger charge is -2.10. The molecule has 4 nitrogen and oxygen atoms in total. The Morgan fingerprint density at radius 3 is 2.83 bits per heavy atom. The Morgan fingerprint density at radius 1 is 1.44 bits per heavy atom. The second-order valence-electron chi connectivity index (χ2n) is 3.79. The van der Waals surface area contributed by atoms with E-state index in [-0.39, 0.29) is 5.91 Å². The van der Waals surface area contributed by atoms with E-state index in [0.717, 1.165) is 11.1 Å². The first-order valence-electron chi connectivity index (χ1n) is 5.76. The molecule has 0 radical (unpaired) electrons. The molecular formula is C14H19NO3. The van der Waals surface area contributed by atoms with Gasteiger partial charge in [0.2, 0.25) is 5.91 Å². The zero-order valence-corrected chi connectivity index (χ0v) is 10.9. The number of ether oxygens (including phenoxy) is 2. The van der Waals surface area contributed by atoms with Gasteiger partial charge in [0, 0.05) is 19.2 Å². The quantitative estimate of drug-likeness (QED) is 0.747. The molecule has 98 valence electrons. The van der Waals surface area contributed by atoms with Gasteiger partial charge in [-0.05, 0) is 11.6 Å². The molecule has 0 saturated carbocycles. The van der Waals surface area contributed by atoms with Crippen LogP contribution in [0.15, 0.2) is 24.8 Å². The van der Waals surface area contributed by atoms with Gasteiger partial charge in [-0.15, -0.1) is 0 Å². The number of hydrogen-bond acceptors (Lipinski definition) is 3. The summed E-state index contributed by atoms with van der Waals surface area (Å²) in [7, 11) is 3.19. The van der Waals surface area contributed by atoms with Gasteiger partial charge in [-0.25, -0.2) is 0 Å². The average Bonchev–Trinajstić information content (AvgIpc) is 2.39. The summed E-state index contributed by atoms with van der Waals surface area (Å²) in [6.45, 7) is 4.73. The molecule has 18 heavy (non-hydrogen) atoms. The highest BCUT2D eigenvalue weighted by molar-refractivity contribution is 5.79. The third-order valence-electron chi connectivity index (χ3n) is 2.53. The Balaban J connectivity index is 2.65. The molecule has 1 rings (SSSR count). The van der Waals surface area contributed by atoms with Crippen molar-refractivity contribution >= 4 is 12.0 Å². The van der Waals surface area contributed by atoms with Crippen molar-refractivity contribution in [2.24, 2.45) is 0 Å². The highest BCUT2D eigenvalue weighted by Crippen LogP contribution is 2.21. The van der Waals surface area contributed by atoms with E-state index in [0.29, 0.717) is 25.3 Å². The molecule has 1 aromatic carbocycles. The zero-order valence-electron chi connectivity index (χ0n) is 10.9. The summed E-state index contributed by atoms with van der Waals surface area (Å²) in [6.07, 6.45) is 2.04. The van der Waals surface area contributed by atoms with Gasteiger partial charge in [-0.3, -0.25) is 4.79 Å². The van der Waals surface area contributed by atoms with Crippen LogP contribution in [0.3, 0.4) is 0 Å². The van der Waals surface area contributed by atoms with Crippen LogP contribution in [0, 0.1) is 0 Å². The summed E-state index contributed by atoms with van der Waals surface area (Å²) in [6, 6.07) is 5.66. The number of rotatable bonds is 7. The third kappa shape index (κ3) is 4.22. The van der Waals surface area contributed by atoms with Crippen molar-refractivity contribution in [3.8, 4) is 5.75 Å². The van der Waals surface area contributed by atoms with E-state index < -0.39 is 0 Å². The fourth-order valence-electron chi connectivity index (χ4n) is 1.56. The highest BCUT2D eigenvalue weighted by atomic mass is 16.5. The van der Waals surface area contributed by atoms with Crippen molar-refractivity contribution in [1.82, 2.24) is 5.32 Å². The first-order valence-corrected chi connectivity index (χ1v) is 5.76. The topological polar surface area (TPSA) is 47.6 Å². The van der Waals surface area contributed by atoms with E-state index in [1.54, 1.807) is 20.3 Å². The predicted octanol–water partition coefficient (Wildman–Crippen LogP) is 1.64. The number of carbonyl (C=O) groups is 1. The summed E-state index contributed by atoms with van der Waals surface area (Å²) in [5.74, 6) is 0.658. The van der Waals surface area contributed by atoms with Gasteiger partial charge in [-0.1, -0.05) is 24.8 Å². The van der Waals surface area contributed by atoms with Crippen molar-refractivity contribution in [2.45, 2.75) is 6.42 Å². The van der Waals surface area contributed by atoms with Crippen LogP contribution >= 0.6 is 0 Å². The summed E-state index contributed by atoms with van der Waals surface area (Å²) in [5.41, 5.74) is 1.83. The maximum Gasteiger partial charge on any atom is 0.224 e. The number of benzene rings is 1. The summed E-state index contributed by atoms with van der Waals surface area (Å²) >= 11 is 0. The molecule has 1 amide bonds. The van der Waals surface area contributed by atoms with Gasteiger partial charge in [0.05, 0.1) is 20.1 Å². The van der Waals surface area contributed by atoms with Crippen molar-refractivity contribution in [3.05, 3.63) is 35.9 Å². The largest absolute Gasteiger partial charge is 0.496 e. The molecule has 0 atom stereocenters. The van der Waals surface area contributed by atoms with Crippen molar-refractivity contribution in [2.75, 3.05) is 27.4 Å². The third-order valence-corrected chi connectivity index (χ3v) is 2.53. The minimum atomic E-state index is -0.0447. The first-order chi connectivity index (χ1) is 8.71. The van der Waals surface area contributed by atoms with Crippen LogP contribution in [0.2, 0.25) is 0 Å². The smallest absolute Gasteiger partial charge is 0.224 e. The molecule has 1 aromatic rings. The molecule has 0 heterocycles. The average molecular weight is 249 g/mol. The van der Waals surface area contributed by atoms with Crippen LogP contribution in [0.1, 0.15) is 11.1 Å². The first kappa shape index (κ1) is 14.3. The van der Waals surface area contributed by atoms with Crippen LogP contribution in [0.4, 0.5) is 0 Å². The fraction of sp³-hybridized carbons (Fsp3) is 0.357. The molecular weight excluding hydrogens is 230 g/mol. The normalized spacial score (nSPS) is 9.89. The Labute approximate surface area is 108 Å². The Morgan fingerprint density at radius 2 is 2.22 bits per heavy atom. The second kappa shape index (κ2) is 7.50. The number of hydrogen-bond donors (Lipinski definition) is 1. The molecule has 0 aliphatic heterocycles. The van der Waals surface area contributed by atoms with Crippen LogP contribution in [0.25, 0.3) is 6.08 Å².